The SMILES string of the molecule is COCCNCc1ccc(OCCC2CC2)c(Br)c1. The molecular weight excluding hydrogens is 306 g/mol. The van der Waals surface area contributed by atoms with Gasteiger partial charge in [-0.25, -0.2) is 0 Å². The van der Waals surface area contributed by atoms with Crippen LogP contribution in [0.2, 0.25) is 0 Å². The van der Waals surface area contributed by atoms with Crippen molar-refractivity contribution in [3.8, 4) is 5.75 Å². The van der Waals surface area contributed by atoms with Gasteiger partial charge >= 0.3 is 0 Å². The van der Waals surface area contributed by atoms with Gasteiger partial charge in [0.1, 0.15) is 5.75 Å². The van der Waals surface area contributed by atoms with E-state index in [2.05, 4.69) is 33.4 Å². The summed E-state index contributed by atoms with van der Waals surface area (Å²) in [5.41, 5.74) is 1.25. The van der Waals surface area contributed by atoms with E-state index in [1.54, 1.807) is 7.11 Å². The number of nitrogens with one attached hydrogen (secondary N) is 1. The number of rotatable bonds is 9. The van der Waals surface area contributed by atoms with Gasteiger partial charge in [0, 0.05) is 20.2 Å². The monoisotopic (exact) mass is 327 g/mol. The minimum atomic E-state index is 0.740. The molecule has 1 N–H and O–H groups in total. The second-order valence-corrected chi connectivity index (χ2v) is 5.87. The lowest BCUT2D eigenvalue weighted by Gasteiger charge is -2.10. The van der Waals surface area contributed by atoms with Gasteiger partial charge in [-0.2, -0.15) is 0 Å². The van der Waals surface area contributed by atoms with Gasteiger partial charge in [0.2, 0.25) is 0 Å². The van der Waals surface area contributed by atoms with Crippen molar-refractivity contribution in [2.75, 3.05) is 26.9 Å². The molecule has 0 atom stereocenters. The van der Waals surface area contributed by atoms with E-state index in [1.165, 1.54) is 24.8 Å². The Morgan fingerprint density at radius 2 is 2.16 bits per heavy atom. The molecule has 3 nitrogen and oxygen atoms in total. The molecule has 1 saturated carbocycles. The molecule has 1 fully saturated rings. The molecule has 0 amide bonds. The van der Waals surface area contributed by atoms with Crippen LogP contribution in [0.1, 0.15) is 24.8 Å². The average Bonchev–Trinajstić information content (AvgIpc) is 3.21. The minimum Gasteiger partial charge on any atom is -0.492 e. The van der Waals surface area contributed by atoms with Gasteiger partial charge in [-0.05, 0) is 46.0 Å². The highest BCUT2D eigenvalue weighted by Crippen LogP contribution is 2.33. The van der Waals surface area contributed by atoms with Gasteiger partial charge in [0.25, 0.3) is 0 Å². The summed E-state index contributed by atoms with van der Waals surface area (Å²) in [5, 5.41) is 3.33. The Kier molecular flexibility index (Phi) is 6.14. The van der Waals surface area contributed by atoms with Gasteiger partial charge in [0.05, 0.1) is 17.7 Å². The van der Waals surface area contributed by atoms with Gasteiger partial charge < -0.3 is 14.8 Å². The molecule has 0 unspecified atom stereocenters. The fourth-order valence-corrected chi connectivity index (χ4v) is 2.46. The maximum atomic E-state index is 5.80. The lowest BCUT2D eigenvalue weighted by molar-refractivity contribution is 0.199. The van der Waals surface area contributed by atoms with Gasteiger partial charge in [-0.1, -0.05) is 18.9 Å². The molecule has 0 bridgehead atoms. The van der Waals surface area contributed by atoms with Crippen LogP contribution in [0.4, 0.5) is 0 Å². The topological polar surface area (TPSA) is 30.5 Å². The van der Waals surface area contributed by atoms with Crippen LogP contribution in [-0.4, -0.2) is 26.9 Å². The summed E-state index contributed by atoms with van der Waals surface area (Å²) in [5.74, 6) is 1.87. The standard InChI is InChI=1S/C15H22BrNO2/c1-18-9-7-17-11-13-4-5-15(14(16)10-13)19-8-6-12-2-3-12/h4-5,10,12,17H,2-3,6-9,11H2,1H3. The van der Waals surface area contributed by atoms with Crippen LogP contribution in [0.5, 0.6) is 5.75 Å². The third-order valence-electron chi connectivity index (χ3n) is 3.29. The summed E-state index contributed by atoms with van der Waals surface area (Å²) < 4.78 is 11.8. The van der Waals surface area contributed by atoms with Crippen LogP contribution < -0.4 is 10.1 Å². The predicted octanol–water partition coefficient (Wildman–Crippen LogP) is 3.36. The van der Waals surface area contributed by atoms with E-state index < -0.39 is 0 Å². The van der Waals surface area contributed by atoms with Crippen LogP contribution in [0.3, 0.4) is 0 Å². The fraction of sp³-hybridized carbons (Fsp3) is 0.600. The first-order valence-electron chi connectivity index (χ1n) is 6.90. The van der Waals surface area contributed by atoms with E-state index in [4.69, 9.17) is 9.47 Å². The Hall–Kier alpha value is -0.580. The predicted molar refractivity (Wildman–Crippen MR) is 80.6 cm³/mol. The normalized spacial score (nSPS) is 14.6. The quantitative estimate of drug-likeness (QED) is 0.705. The fourth-order valence-electron chi connectivity index (χ4n) is 1.92. The van der Waals surface area contributed by atoms with E-state index in [0.29, 0.717) is 0 Å². The van der Waals surface area contributed by atoms with E-state index >= 15 is 0 Å². The molecule has 0 spiro atoms. The van der Waals surface area contributed by atoms with Crippen molar-refractivity contribution in [2.45, 2.75) is 25.8 Å². The Morgan fingerprint density at radius 3 is 2.84 bits per heavy atom. The summed E-state index contributed by atoms with van der Waals surface area (Å²) in [7, 11) is 1.71. The maximum Gasteiger partial charge on any atom is 0.133 e. The smallest absolute Gasteiger partial charge is 0.133 e. The second kappa shape index (κ2) is 7.88. The largest absolute Gasteiger partial charge is 0.492 e. The molecular formula is C15H22BrNO2. The third-order valence-corrected chi connectivity index (χ3v) is 3.91. The number of benzene rings is 1. The van der Waals surface area contributed by atoms with Gasteiger partial charge in [0.15, 0.2) is 0 Å². The van der Waals surface area contributed by atoms with Crippen LogP contribution in [-0.2, 0) is 11.3 Å². The molecule has 0 radical (unpaired) electrons. The molecule has 1 aliphatic rings. The van der Waals surface area contributed by atoms with Crippen molar-refractivity contribution < 1.29 is 9.47 Å². The molecule has 0 aliphatic heterocycles. The Balaban J connectivity index is 1.74. The van der Waals surface area contributed by atoms with Crippen LogP contribution in [0.15, 0.2) is 22.7 Å². The van der Waals surface area contributed by atoms with E-state index in [-0.39, 0.29) is 0 Å². The number of methoxy groups -OCH3 is 1. The molecule has 4 heteroatoms. The van der Waals surface area contributed by atoms with E-state index in [0.717, 1.165) is 42.4 Å². The van der Waals surface area contributed by atoms with Crippen molar-refractivity contribution in [1.82, 2.24) is 5.32 Å². The zero-order chi connectivity index (χ0) is 13.5. The summed E-state index contributed by atoms with van der Waals surface area (Å²) in [6.45, 7) is 3.29. The molecule has 0 saturated heterocycles. The molecule has 19 heavy (non-hydrogen) atoms. The molecule has 1 aliphatic carbocycles. The van der Waals surface area contributed by atoms with Crippen molar-refractivity contribution in [3.63, 3.8) is 0 Å². The highest BCUT2D eigenvalue weighted by Gasteiger charge is 2.20. The van der Waals surface area contributed by atoms with Crippen LogP contribution >= 0.6 is 15.9 Å². The molecule has 2 rings (SSSR count). The molecule has 0 aromatic heterocycles. The summed E-state index contributed by atoms with van der Waals surface area (Å²) in [6, 6.07) is 6.27. The number of halogens is 1. The molecule has 1 aromatic rings. The van der Waals surface area contributed by atoms with Crippen molar-refractivity contribution in [1.29, 1.82) is 0 Å². The van der Waals surface area contributed by atoms with Crippen molar-refractivity contribution in [3.05, 3.63) is 28.2 Å². The first-order valence-corrected chi connectivity index (χ1v) is 7.70. The zero-order valence-electron chi connectivity index (χ0n) is 11.5. The highest BCUT2D eigenvalue weighted by molar-refractivity contribution is 9.10. The van der Waals surface area contributed by atoms with Gasteiger partial charge in [-0.3, -0.25) is 0 Å². The first-order chi connectivity index (χ1) is 9.29. The average molecular weight is 328 g/mol. The maximum absolute atomic E-state index is 5.80. The lowest BCUT2D eigenvalue weighted by Crippen LogP contribution is -2.18. The van der Waals surface area contributed by atoms with Crippen LogP contribution in [0, 0.1) is 5.92 Å². The number of ether oxygens (including phenoxy) is 2. The zero-order valence-corrected chi connectivity index (χ0v) is 13.0. The molecule has 106 valence electrons. The van der Waals surface area contributed by atoms with Gasteiger partial charge in [-0.15, -0.1) is 0 Å². The van der Waals surface area contributed by atoms with E-state index in [1.807, 2.05) is 6.07 Å². The summed E-state index contributed by atoms with van der Waals surface area (Å²) in [6.07, 6.45) is 3.96. The molecule has 1 aromatic carbocycles. The van der Waals surface area contributed by atoms with Crippen molar-refractivity contribution in [2.24, 2.45) is 5.92 Å². The third kappa shape index (κ3) is 5.51. The van der Waals surface area contributed by atoms with Crippen molar-refractivity contribution >= 4 is 15.9 Å². The Morgan fingerprint density at radius 1 is 1.32 bits per heavy atom. The first kappa shape index (κ1) is 14.8. The Bertz CT molecular complexity index is 394. The minimum absolute atomic E-state index is 0.740. The second-order valence-electron chi connectivity index (χ2n) is 5.01. The number of hydrogen-bond donors (Lipinski definition) is 1. The number of hydrogen-bond acceptors (Lipinski definition) is 3. The summed E-state index contributed by atoms with van der Waals surface area (Å²) in [4.78, 5) is 0. The lowest BCUT2D eigenvalue weighted by atomic mass is 10.2. The molecule has 0 heterocycles. The highest BCUT2D eigenvalue weighted by atomic mass is 79.9. The van der Waals surface area contributed by atoms with E-state index in [9.17, 15) is 0 Å². The van der Waals surface area contributed by atoms with Crippen LogP contribution in [0.25, 0.3) is 0 Å². The summed E-state index contributed by atoms with van der Waals surface area (Å²) >= 11 is 3.58. The Labute approximate surface area is 123 Å².